The number of alkyl halides is 3. The molecule has 240 valence electrons. The maximum Gasteiger partial charge on any atom is 0.416 e. The van der Waals surface area contributed by atoms with Crippen molar-refractivity contribution in [1.29, 1.82) is 0 Å². The standard InChI is InChI=1S/C29H38F3NO10/c1-36-27(34)22-42-18-17-40-14-13-38-10-9-37-11-12-39-15-16-41-19-20-43-28(35)25-7-2-3-8-26(25)33-24-6-4-5-23(21-24)29(30,31)32/h2-8,21,33H,9-20,22H2,1H3. The Morgan fingerprint density at radius 2 is 1.19 bits per heavy atom. The van der Waals surface area contributed by atoms with Crippen molar-refractivity contribution in [1.82, 2.24) is 0 Å². The Bertz CT molecular complexity index is 1070. The molecule has 0 unspecified atom stereocenters. The molecule has 0 saturated heterocycles. The van der Waals surface area contributed by atoms with Gasteiger partial charge < -0.3 is 43.2 Å². The van der Waals surface area contributed by atoms with Crippen molar-refractivity contribution >= 4 is 23.3 Å². The lowest BCUT2D eigenvalue weighted by Crippen LogP contribution is -2.16. The number of hydrogen-bond donors (Lipinski definition) is 1. The average molecular weight is 618 g/mol. The van der Waals surface area contributed by atoms with Crippen molar-refractivity contribution in [2.75, 3.05) is 98.3 Å². The smallest absolute Gasteiger partial charge is 0.416 e. The Labute approximate surface area is 248 Å². The first-order chi connectivity index (χ1) is 20.8. The number of ether oxygens (including phenoxy) is 8. The maximum atomic E-state index is 13.0. The zero-order chi connectivity index (χ0) is 31.2. The van der Waals surface area contributed by atoms with Crippen LogP contribution in [-0.4, -0.2) is 105 Å². The summed E-state index contributed by atoms with van der Waals surface area (Å²) in [6.45, 7) is 3.71. The zero-order valence-electron chi connectivity index (χ0n) is 24.0. The monoisotopic (exact) mass is 617 g/mol. The summed E-state index contributed by atoms with van der Waals surface area (Å²) in [5.74, 6) is -1.07. The number of methoxy groups -OCH3 is 1. The molecule has 0 fully saturated rings. The minimum Gasteiger partial charge on any atom is -0.467 e. The first-order valence-electron chi connectivity index (χ1n) is 13.5. The second kappa shape index (κ2) is 21.4. The SMILES string of the molecule is COC(=O)COCCOCCOCCOCCOCCOCCOC(=O)c1ccccc1Nc1cccc(C(F)(F)F)c1. The van der Waals surface area contributed by atoms with E-state index >= 15 is 0 Å². The number of esters is 2. The number of anilines is 2. The molecule has 0 saturated carbocycles. The summed E-state index contributed by atoms with van der Waals surface area (Å²) < 4.78 is 80.6. The van der Waals surface area contributed by atoms with Crippen LogP contribution in [0, 0.1) is 0 Å². The molecule has 2 aromatic rings. The van der Waals surface area contributed by atoms with E-state index in [0.29, 0.717) is 71.8 Å². The van der Waals surface area contributed by atoms with Crippen molar-refractivity contribution in [3.05, 3.63) is 59.7 Å². The quantitative estimate of drug-likeness (QED) is 0.145. The minimum absolute atomic E-state index is 0.00590. The van der Waals surface area contributed by atoms with Crippen LogP contribution in [0.5, 0.6) is 0 Å². The van der Waals surface area contributed by atoms with Gasteiger partial charge >= 0.3 is 18.1 Å². The van der Waals surface area contributed by atoms with Gasteiger partial charge in [0.25, 0.3) is 0 Å². The summed E-state index contributed by atoms with van der Waals surface area (Å²) >= 11 is 0. The van der Waals surface area contributed by atoms with Gasteiger partial charge in [0.1, 0.15) is 13.2 Å². The molecule has 0 amide bonds. The predicted molar refractivity (Wildman–Crippen MR) is 148 cm³/mol. The second-order valence-corrected chi connectivity index (χ2v) is 8.58. The highest BCUT2D eigenvalue weighted by Crippen LogP contribution is 2.32. The summed E-state index contributed by atoms with van der Waals surface area (Å²) in [5, 5.41) is 2.85. The first kappa shape index (κ1) is 35.9. The van der Waals surface area contributed by atoms with Gasteiger partial charge in [-0.15, -0.1) is 0 Å². The Balaban J connectivity index is 1.44. The van der Waals surface area contributed by atoms with Crippen molar-refractivity contribution in [2.45, 2.75) is 6.18 Å². The van der Waals surface area contributed by atoms with Crippen LogP contribution in [0.3, 0.4) is 0 Å². The average Bonchev–Trinajstić information content (AvgIpc) is 2.99. The molecule has 0 aliphatic heterocycles. The van der Waals surface area contributed by atoms with Crippen molar-refractivity contribution in [2.24, 2.45) is 0 Å². The molecule has 0 radical (unpaired) electrons. The van der Waals surface area contributed by atoms with Gasteiger partial charge in [0, 0.05) is 5.69 Å². The van der Waals surface area contributed by atoms with Gasteiger partial charge in [-0.2, -0.15) is 13.2 Å². The number of carbonyl (C=O) groups is 2. The molecular formula is C29H38F3NO10. The zero-order valence-corrected chi connectivity index (χ0v) is 24.0. The lowest BCUT2D eigenvalue weighted by atomic mass is 10.1. The van der Waals surface area contributed by atoms with Crippen LogP contribution in [0.2, 0.25) is 0 Å². The van der Waals surface area contributed by atoms with E-state index in [2.05, 4.69) is 10.1 Å². The Morgan fingerprint density at radius 1 is 0.674 bits per heavy atom. The van der Waals surface area contributed by atoms with E-state index in [1.165, 1.54) is 25.3 Å². The van der Waals surface area contributed by atoms with Gasteiger partial charge in [-0.3, -0.25) is 0 Å². The fourth-order valence-corrected chi connectivity index (χ4v) is 3.28. The maximum absolute atomic E-state index is 13.0. The number of benzene rings is 2. The number of rotatable bonds is 23. The third-order valence-electron chi connectivity index (χ3n) is 5.38. The molecule has 0 bridgehead atoms. The summed E-state index contributed by atoms with van der Waals surface area (Å²) in [6.07, 6.45) is -4.48. The number of para-hydroxylation sites is 1. The molecule has 43 heavy (non-hydrogen) atoms. The number of halogens is 3. The van der Waals surface area contributed by atoms with Crippen LogP contribution in [0.4, 0.5) is 24.5 Å². The third-order valence-corrected chi connectivity index (χ3v) is 5.38. The van der Waals surface area contributed by atoms with Crippen LogP contribution >= 0.6 is 0 Å². The number of hydrogen-bond acceptors (Lipinski definition) is 11. The van der Waals surface area contributed by atoms with Gasteiger partial charge in [0.05, 0.1) is 96.6 Å². The van der Waals surface area contributed by atoms with E-state index in [1.807, 2.05) is 0 Å². The lowest BCUT2D eigenvalue weighted by molar-refractivity contribution is -0.146. The van der Waals surface area contributed by atoms with E-state index in [9.17, 15) is 22.8 Å². The molecule has 0 aliphatic carbocycles. The highest BCUT2D eigenvalue weighted by Gasteiger charge is 2.30. The fraction of sp³-hybridized carbons (Fsp3) is 0.517. The molecule has 0 atom stereocenters. The molecular weight excluding hydrogens is 579 g/mol. The first-order valence-corrected chi connectivity index (χ1v) is 13.5. The van der Waals surface area contributed by atoms with Crippen LogP contribution in [-0.2, 0) is 48.9 Å². The summed E-state index contributed by atoms with van der Waals surface area (Å²) in [6, 6.07) is 11.1. The molecule has 1 N–H and O–H groups in total. The second-order valence-electron chi connectivity index (χ2n) is 8.58. The minimum atomic E-state index is -4.48. The van der Waals surface area contributed by atoms with Crippen molar-refractivity contribution < 1.29 is 60.7 Å². The molecule has 14 heteroatoms. The van der Waals surface area contributed by atoms with E-state index in [0.717, 1.165) is 12.1 Å². The molecule has 11 nitrogen and oxygen atoms in total. The van der Waals surface area contributed by atoms with Crippen LogP contribution < -0.4 is 5.32 Å². The van der Waals surface area contributed by atoms with Crippen molar-refractivity contribution in [3.8, 4) is 0 Å². The largest absolute Gasteiger partial charge is 0.467 e. The summed E-state index contributed by atoms with van der Waals surface area (Å²) in [5.41, 5.74) is -0.105. The van der Waals surface area contributed by atoms with Crippen LogP contribution in [0.1, 0.15) is 15.9 Å². The van der Waals surface area contributed by atoms with Gasteiger partial charge in [0.15, 0.2) is 0 Å². The molecule has 0 spiro atoms. The lowest BCUT2D eigenvalue weighted by Gasteiger charge is -2.13. The Hall–Kier alpha value is -3.27. The molecule has 0 aromatic heterocycles. The Morgan fingerprint density at radius 3 is 1.72 bits per heavy atom. The van der Waals surface area contributed by atoms with Crippen molar-refractivity contribution in [3.63, 3.8) is 0 Å². The predicted octanol–water partition coefficient (Wildman–Crippen LogP) is 3.88. The Kier molecular flexibility index (Phi) is 17.9. The molecule has 2 aromatic carbocycles. The summed E-state index contributed by atoms with van der Waals surface area (Å²) in [7, 11) is 1.29. The van der Waals surface area contributed by atoms with E-state index in [1.54, 1.807) is 18.2 Å². The topological polar surface area (TPSA) is 120 Å². The van der Waals surface area contributed by atoms with E-state index < -0.39 is 23.7 Å². The van der Waals surface area contributed by atoms with Crippen LogP contribution in [0.15, 0.2) is 48.5 Å². The fourth-order valence-electron chi connectivity index (χ4n) is 3.28. The highest BCUT2D eigenvalue weighted by atomic mass is 19.4. The summed E-state index contributed by atoms with van der Waals surface area (Å²) in [4.78, 5) is 23.4. The van der Waals surface area contributed by atoms with Gasteiger partial charge in [0.2, 0.25) is 0 Å². The highest BCUT2D eigenvalue weighted by molar-refractivity contribution is 5.96. The van der Waals surface area contributed by atoms with Gasteiger partial charge in [-0.25, -0.2) is 9.59 Å². The van der Waals surface area contributed by atoms with E-state index in [4.69, 9.17) is 33.2 Å². The number of nitrogens with one attached hydrogen (secondary N) is 1. The molecule has 0 aliphatic rings. The van der Waals surface area contributed by atoms with Crippen LogP contribution in [0.25, 0.3) is 0 Å². The van der Waals surface area contributed by atoms with Gasteiger partial charge in [-0.1, -0.05) is 18.2 Å². The van der Waals surface area contributed by atoms with E-state index in [-0.39, 0.29) is 31.1 Å². The van der Waals surface area contributed by atoms with Gasteiger partial charge in [-0.05, 0) is 30.3 Å². The number of carbonyl (C=O) groups excluding carboxylic acids is 2. The third kappa shape index (κ3) is 16.2. The normalized spacial score (nSPS) is 11.3. The molecule has 0 heterocycles. The molecule has 2 rings (SSSR count).